The molecule has 0 aliphatic carbocycles. The van der Waals surface area contributed by atoms with Crippen LogP contribution in [0.3, 0.4) is 0 Å². The fourth-order valence-corrected chi connectivity index (χ4v) is 2.07. The topological polar surface area (TPSA) is 62.2 Å². The Labute approximate surface area is 118 Å². The standard InChI is InChI=1S/C16H20N2O2/c1-2-13(11-19)18-16(20)10-9-14-8-7-12-5-3-4-6-15(12)17-14/h3-8,13,19H,2,9-11H2,1H3,(H,18,20). The summed E-state index contributed by atoms with van der Waals surface area (Å²) in [4.78, 5) is 16.3. The number of fused-ring (bicyclic) bond motifs is 1. The number of hydrogen-bond donors (Lipinski definition) is 2. The minimum absolute atomic E-state index is 0.0174. The highest BCUT2D eigenvalue weighted by Gasteiger charge is 2.09. The van der Waals surface area contributed by atoms with Crippen LogP contribution in [0.15, 0.2) is 36.4 Å². The molecular weight excluding hydrogens is 252 g/mol. The number of benzene rings is 1. The van der Waals surface area contributed by atoms with Gasteiger partial charge in [0.2, 0.25) is 5.91 Å². The molecule has 0 radical (unpaired) electrons. The van der Waals surface area contributed by atoms with E-state index >= 15 is 0 Å². The van der Waals surface area contributed by atoms with Crippen LogP contribution >= 0.6 is 0 Å². The number of pyridine rings is 1. The SMILES string of the molecule is CCC(CO)NC(=O)CCc1ccc2ccccc2n1. The predicted octanol–water partition coefficient (Wildman–Crippen LogP) is 2.05. The van der Waals surface area contributed by atoms with Gasteiger partial charge in [0.1, 0.15) is 0 Å². The van der Waals surface area contributed by atoms with Gasteiger partial charge >= 0.3 is 0 Å². The number of nitrogens with zero attached hydrogens (tertiary/aromatic N) is 1. The highest BCUT2D eigenvalue weighted by atomic mass is 16.3. The normalized spacial score (nSPS) is 12.3. The molecule has 20 heavy (non-hydrogen) atoms. The second-order valence-corrected chi connectivity index (χ2v) is 4.85. The third-order valence-electron chi connectivity index (χ3n) is 3.34. The largest absolute Gasteiger partial charge is 0.394 e. The summed E-state index contributed by atoms with van der Waals surface area (Å²) in [5.41, 5.74) is 1.86. The number of carbonyl (C=O) groups excluding carboxylic acids is 1. The highest BCUT2D eigenvalue weighted by Crippen LogP contribution is 2.12. The number of amides is 1. The Morgan fingerprint density at radius 3 is 2.85 bits per heavy atom. The molecule has 0 saturated carbocycles. The first-order valence-corrected chi connectivity index (χ1v) is 6.97. The lowest BCUT2D eigenvalue weighted by Crippen LogP contribution is -2.37. The molecule has 1 heterocycles. The van der Waals surface area contributed by atoms with Crippen LogP contribution in [0.25, 0.3) is 10.9 Å². The fourth-order valence-electron chi connectivity index (χ4n) is 2.07. The van der Waals surface area contributed by atoms with Gasteiger partial charge < -0.3 is 10.4 Å². The van der Waals surface area contributed by atoms with Gasteiger partial charge in [-0.3, -0.25) is 9.78 Å². The van der Waals surface area contributed by atoms with E-state index < -0.39 is 0 Å². The first kappa shape index (κ1) is 14.5. The van der Waals surface area contributed by atoms with E-state index in [4.69, 9.17) is 5.11 Å². The van der Waals surface area contributed by atoms with E-state index in [1.54, 1.807) is 0 Å². The number of aromatic nitrogens is 1. The average Bonchev–Trinajstić information content (AvgIpc) is 2.50. The van der Waals surface area contributed by atoms with Crippen molar-refractivity contribution in [1.82, 2.24) is 10.3 Å². The number of para-hydroxylation sites is 1. The molecule has 0 aliphatic heterocycles. The maximum Gasteiger partial charge on any atom is 0.220 e. The lowest BCUT2D eigenvalue weighted by molar-refractivity contribution is -0.122. The predicted molar refractivity (Wildman–Crippen MR) is 79.4 cm³/mol. The van der Waals surface area contributed by atoms with Gasteiger partial charge in [0.05, 0.1) is 18.2 Å². The van der Waals surface area contributed by atoms with Crippen LogP contribution in [0.2, 0.25) is 0 Å². The van der Waals surface area contributed by atoms with Crippen LogP contribution in [0.5, 0.6) is 0 Å². The summed E-state index contributed by atoms with van der Waals surface area (Å²) in [5, 5.41) is 13.0. The number of aryl methyl sites for hydroxylation is 1. The van der Waals surface area contributed by atoms with Gasteiger partial charge in [-0.15, -0.1) is 0 Å². The molecule has 0 fully saturated rings. The molecule has 1 atom stereocenters. The van der Waals surface area contributed by atoms with Gasteiger partial charge in [0.25, 0.3) is 0 Å². The molecule has 4 nitrogen and oxygen atoms in total. The summed E-state index contributed by atoms with van der Waals surface area (Å²) in [7, 11) is 0. The molecule has 1 aromatic carbocycles. The molecule has 2 aromatic rings. The molecule has 4 heteroatoms. The van der Waals surface area contributed by atoms with E-state index in [0.717, 1.165) is 23.0 Å². The van der Waals surface area contributed by atoms with Crippen LogP contribution in [0.4, 0.5) is 0 Å². The molecule has 0 saturated heterocycles. The summed E-state index contributed by atoms with van der Waals surface area (Å²) in [6.07, 6.45) is 1.73. The number of rotatable bonds is 6. The molecule has 0 aliphatic rings. The van der Waals surface area contributed by atoms with Crippen LogP contribution in [0.1, 0.15) is 25.5 Å². The molecule has 1 unspecified atom stereocenters. The third-order valence-corrected chi connectivity index (χ3v) is 3.34. The lowest BCUT2D eigenvalue weighted by atomic mass is 10.1. The summed E-state index contributed by atoms with van der Waals surface area (Å²) in [6, 6.07) is 11.8. The number of carbonyl (C=O) groups is 1. The minimum Gasteiger partial charge on any atom is -0.394 e. The zero-order valence-corrected chi connectivity index (χ0v) is 11.7. The second-order valence-electron chi connectivity index (χ2n) is 4.85. The van der Waals surface area contributed by atoms with Crippen LogP contribution < -0.4 is 5.32 Å². The van der Waals surface area contributed by atoms with Crippen molar-refractivity contribution in [3.63, 3.8) is 0 Å². The Morgan fingerprint density at radius 1 is 1.30 bits per heavy atom. The summed E-state index contributed by atoms with van der Waals surface area (Å²) in [6.45, 7) is 1.92. The molecule has 106 valence electrons. The number of aliphatic hydroxyl groups excluding tert-OH is 1. The molecule has 1 aromatic heterocycles. The Kier molecular flexibility index (Phi) is 5.07. The van der Waals surface area contributed by atoms with Crippen molar-refractivity contribution in [3.8, 4) is 0 Å². The van der Waals surface area contributed by atoms with Crippen LogP contribution in [-0.4, -0.2) is 28.6 Å². The molecular formula is C16H20N2O2. The van der Waals surface area contributed by atoms with E-state index in [2.05, 4.69) is 10.3 Å². The highest BCUT2D eigenvalue weighted by molar-refractivity contribution is 5.79. The van der Waals surface area contributed by atoms with Gasteiger partial charge in [-0.2, -0.15) is 0 Å². The molecule has 1 amide bonds. The number of hydrogen-bond acceptors (Lipinski definition) is 3. The Hall–Kier alpha value is -1.94. The Morgan fingerprint density at radius 2 is 2.10 bits per heavy atom. The molecule has 0 bridgehead atoms. The molecule has 2 N–H and O–H groups in total. The van der Waals surface area contributed by atoms with E-state index in [9.17, 15) is 4.79 Å². The van der Waals surface area contributed by atoms with Gasteiger partial charge in [0.15, 0.2) is 0 Å². The monoisotopic (exact) mass is 272 g/mol. The average molecular weight is 272 g/mol. The lowest BCUT2D eigenvalue weighted by Gasteiger charge is -2.13. The smallest absolute Gasteiger partial charge is 0.220 e. The van der Waals surface area contributed by atoms with Gasteiger partial charge in [-0.1, -0.05) is 31.2 Å². The summed E-state index contributed by atoms with van der Waals surface area (Å²) in [5.74, 6) is -0.0409. The van der Waals surface area contributed by atoms with Crippen LogP contribution in [0, 0.1) is 0 Å². The summed E-state index contributed by atoms with van der Waals surface area (Å²) >= 11 is 0. The van der Waals surface area contributed by atoms with Crippen molar-refractivity contribution in [3.05, 3.63) is 42.1 Å². The van der Waals surface area contributed by atoms with Crippen molar-refractivity contribution in [2.45, 2.75) is 32.2 Å². The molecule has 2 rings (SSSR count). The van der Waals surface area contributed by atoms with E-state index in [1.807, 2.05) is 43.3 Å². The van der Waals surface area contributed by atoms with E-state index in [1.165, 1.54) is 0 Å². The maximum atomic E-state index is 11.8. The number of nitrogens with one attached hydrogen (secondary N) is 1. The van der Waals surface area contributed by atoms with Crippen molar-refractivity contribution < 1.29 is 9.90 Å². The Balaban J connectivity index is 1.93. The van der Waals surface area contributed by atoms with Crippen LogP contribution in [-0.2, 0) is 11.2 Å². The van der Waals surface area contributed by atoms with Crippen molar-refractivity contribution in [1.29, 1.82) is 0 Å². The van der Waals surface area contributed by atoms with Gasteiger partial charge in [0, 0.05) is 17.5 Å². The van der Waals surface area contributed by atoms with Gasteiger partial charge in [-0.05, 0) is 25.0 Å². The zero-order chi connectivity index (χ0) is 14.4. The molecule has 0 spiro atoms. The third kappa shape index (κ3) is 3.78. The Bertz CT molecular complexity index is 579. The summed E-state index contributed by atoms with van der Waals surface area (Å²) < 4.78 is 0. The maximum absolute atomic E-state index is 11.8. The minimum atomic E-state index is -0.146. The number of aliphatic hydroxyl groups is 1. The van der Waals surface area contributed by atoms with Crippen molar-refractivity contribution in [2.24, 2.45) is 0 Å². The van der Waals surface area contributed by atoms with Gasteiger partial charge in [-0.25, -0.2) is 0 Å². The fraction of sp³-hybridized carbons (Fsp3) is 0.375. The van der Waals surface area contributed by atoms with Crippen molar-refractivity contribution >= 4 is 16.8 Å². The first-order valence-electron chi connectivity index (χ1n) is 6.97. The zero-order valence-electron chi connectivity index (χ0n) is 11.7. The first-order chi connectivity index (χ1) is 9.72. The van der Waals surface area contributed by atoms with Crippen molar-refractivity contribution in [2.75, 3.05) is 6.61 Å². The van der Waals surface area contributed by atoms with E-state index in [-0.39, 0.29) is 18.6 Å². The quantitative estimate of drug-likeness (QED) is 0.846. The van der Waals surface area contributed by atoms with E-state index in [0.29, 0.717) is 12.8 Å². The second kappa shape index (κ2) is 7.01.